The number of carbonyl (C=O) groups excluding carboxylic acids is 1. The molecule has 1 aliphatic heterocycles. The summed E-state index contributed by atoms with van der Waals surface area (Å²) in [6.45, 7) is 2.14. The first-order valence-corrected chi connectivity index (χ1v) is 14.4. The maximum atomic E-state index is 12.4. The second-order valence-corrected chi connectivity index (χ2v) is 11.2. The van der Waals surface area contributed by atoms with Gasteiger partial charge in [-0.25, -0.2) is 4.79 Å². The lowest BCUT2D eigenvalue weighted by Crippen LogP contribution is -2.37. The van der Waals surface area contributed by atoms with E-state index in [4.69, 9.17) is 37.2 Å². The van der Waals surface area contributed by atoms with Crippen molar-refractivity contribution >= 4 is 34.9 Å². The quantitative estimate of drug-likeness (QED) is 0.197. The van der Waals surface area contributed by atoms with E-state index in [2.05, 4.69) is 16.1 Å². The SMILES string of the molecule is COC(=O)c1ccc(N2CCC(OCc3c(-c4ccc(Cl)cc4Cl)noc3C3CC3)CC2)cc1-c1ccccc1. The summed E-state index contributed by atoms with van der Waals surface area (Å²) in [4.78, 5) is 14.8. The lowest BCUT2D eigenvalue weighted by molar-refractivity contribution is 0.0246. The number of esters is 1. The van der Waals surface area contributed by atoms with Gasteiger partial charge in [0.2, 0.25) is 0 Å². The van der Waals surface area contributed by atoms with Crippen LogP contribution in [-0.4, -0.2) is 37.4 Å². The fourth-order valence-electron chi connectivity index (χ4n) is 5.38. The van der Waals surface area contributed by atoms with Crippen molar-refractivity contribution in [1.82, 2.24) is 5.16 Å². The molecule has 4 aromatic rings. The van der Waals surface area contributed by atoms with Crippen molar-refractivity contribution in [2.45, 2.75) is 44.3 Å². The van der Waals surface area contributed by atoms with E-state index < -0.39 is 0 Å². The lowest BCUT2D eigenvalue weighted by Gasteiger charge is -2.34. The van der Waals surface area contributed by atoms with Crippen LogP contribution < -0.4 is 4.90 Å². The molecule has 40 heavy (non-hydrogen) atoms. The predicted octanol–water partition coefficient (Wildman–Crippen LogP) is 8.17. The number of rotatable bonds is 8. The summed E-state index contributed by atoms with van der Waals surface area (Å²) in [5.41, 5.74) is 6.03. The molecule has 6 rings (SSSR count). The third-order valence-corrected chi connectivity index (χ3v) is 8.26. The van der Waals surface area contributed by atoms with Crippen LogP contribution in [0.5, 0.6) is 0 Å². The molecule has 1 saturated carbocycles. The Kier molecular flexibility index (Phi) is 7.83. The molecule has 6 nitrogen and oxygen atoms in total. The molecule has 8 heteroatoms. The number of hydrogen-bond acceptors (Lipinski definition) is 6. The van der Waals surface area contributed by atoms with Gasteiger partial charge in [0.05, 0.1) is 30.4 Å². The highest BCUT2D eigenvalue weighted by atomic mass is 35.5. The number of aromatic nitrogens is 1. The van der Waals surface area contributed by atoms with Gasteiger partial charge in [0, 0.05) is 40.8 Å². The van der Waals surface area contributed by atoms with Crippen molar-refractivity contribution in [3.05, 3.63) is 93.7 Å². The first-order valence-electron chi connectivity index (χ1n) is 13.6. The summed E-state index contributed by atoms with van der Waals surface area (Å²) >= 11 is 12.6. The molecule has 0 bridgehead atoms. The summed E-state index contributed by atoms with van der Waals surface area (Å²) < 4.78 is 17.3. The minimum Gasteiger partial charge on any atom is -0.465 e. The normalized spacial score (nSPS) is 15.8. The van der Waals surface area contributed by atoms with Crippen LogP contribution in [-0.2, 0) is 16.1 Å². The molecule has 0 N–H and O–H groups in total. The van der Waals surface area contributed by atoms with Gasteiger partial charge in [0.15, 0.2) is 0 Å². The summed E-state index contributed by atoms with van der Waals surface area (Å²) in [7, 11) is 1.41. The van der Waals surface area contributed by atoms with Gasteiger partial charge < -0.3 is 18.9 Å². The monoisotopic (exact) mass is 576 g/mol. The molecule has 0 spiro atoms. The fourth-order valence-corrected chi connectivity index (χ4v) is 5.87. The zero-order chi connectivity index (χ0) is 27.6. The molecule has 2 heterocycles. The van der Waals surface area contributed by atoms with E-state index in [0.29, 0.717) is 28.1 Å². The fraction of sp³-hybridized carbons (Fsp3) is 0.312. The average Bonchev–Trinajstić information content (AvgIpc) is 3.75. The number of hydrogen-bond donors (Lipinski definition) is 0. The Hall–Kier alpha value is -3.32. The maximum absolute atomic E-state index is 12.4. The molecule has 206 valence electrons. The van der Waals surface area contributed by atoms with Crippen LogP contribution in [0.15, 0.2) is 71.3 Å². The number of halogens is 2. The third kappa shape index (κ3) is 5.62. The summed E-state index contributed by atoms with van der Waals surface area (Å²) in [6, 6.07) is 21.3. The first-order chi connectivity index (χ1) is 19.5. The highest BCUT2D eigenvalue weighted by molar-refractivity contribution is 6.36. The molecular formula is C32H30Cl2N2O4. The zero-order valence-electron chi connectivity index (χ0n) is 22.2. The molecule has 2 aliphatic rings. The number of piperidine rings is 1. The van der Waals surface area contributed by atoms with Gasteiger partial charge in [-0.2, -0.15) is 0 Å². The first kappa shape index (κ1) is 26.9. The van der Waals surface area contributed by atoms with Crippen LogP contribution in [0.25, 0.3) is 22.4 Å². The predicted molar refractivity (Wildman–Crippen MR) is 157 cm³/mol. The molecule has 1 aliphatic carbocycles. The Morgan fingerprint density at radius 2 is 1.75 bits per heavy atom. The van der Waals surface area contributed by atoms with E-state index in [9.17, 15) is 4.79 Å². The Morgan fingerprint density at radius 1 is 0.975 bits per heavy atom. The van der Waals surface area contributed by atoms with Crippen molar-refractivity contribution in [1.29, 1.82) is 0 Å². The van der Waals surface area contributed by atoms with Gasteiger partial charge in [-0.15, -0.1) is 0 Å². The molecule has 0 amide bonds. The highest BCUT2D eigenvalue weighted by Crippen LogP contribution is 2.45. The van der Waals surface area contributed by atoms with E-state index in [-0.39, 0.29) is 12.1 Å². The summed E-state index contributed by atoms with van der Waals surface area (Å²) in [5.74, 6) is 0.980. The largest absolute Gasteiger partial charge is 0.465 e. The van der Waals surface area contributed by atoms with Gasteiger partial charge in [0.1, 0.15) is 11.5 Å². The number of benzene rings is 3. The summed E-state index contributed by atoms with van der Waals surface area (Å²) in [5, 5.41) is 5.52. The molecule has 1 aromatic heterocycles. The summed E-state index contributed by atoms with van der Waals surface area (Å²) in [6.07, 6.45) is 4.11. The van der Waals surface area contributed by atoms with Gasteiger partial charge in [0.25, 0.3) is 0 Å². The number of nitrogens with zero attached hydrogens (tertiary/aromatic N) is 2. The van der Waals surface area contributed by atoms with Crippen LogP contribution in [0.3, 0.4) is 0 Å². The Morgan fingerprint density at radius 3 is 2.45 bits per heavy atom. The van der Waals surface area contributed by atoms with Gasteiger partial charge >= 0.3 is 5.97 Å². The lowest BCUT2D eigenvalue weighted by atomic mass is 9.97. The third-order valence-electron chi connectivity index (χ3n) is 7.72. The van der Waals surface area contributed by atoms with Gasteiger partial charge in [-0.3, -0.25) is 0 Å². The minimum absolute atomic E-state index is 0.120. The molecule has 1 saturated heterocycles. The Balaban J connectivity index is 1.15. The molecule has 0 atom stereocenters. The second-order valence-electron chi connectivity index (χ2n) is 10.4. The van der Waals surface area contributed by atoms with Crippen LogP contribution in [0, 0.1) is 0 Å². The van der Waals surface area contributed by atoms with E-state index in [0.717, 1.165) is 78.2 Å². The van der Waals surface area contributed by atoms with E-state index in [1.165, 1.54) is 7.11 Å². The van der Waals surface area contributed by atoms with E-state index >= 15 is 0 Å². The number of carbonyl (C=O) groups is 1. The van der Waals surface area contributed by atoms with Crippen molar-refractivity contribution in [2.24, 2.45) is 0 Å². The van der Waals surface area contributed by atoms with Crippen LogP contribution in [0.2, 0.25) is 10.0 Å². The molecule has 2 fully saturated rings. The minimum atomic E-state index is -0.337. The number of anilines is 1. The molecule has 3 aromatic carbocycles. The van der Waals surface area contributed by atoms with Crippen LogP contribution >= 0.6 is 23.2 Å². The molecular weight excluding hydrogens is 547 g/mol. The van der Waals surface area contributed by atoms with E-state index in [1.807, 2.05) is 54.6 Å². The van der Waals surface area contributed by atoms with Crippen LogP contribution in [0.1, 0.15) is 53.3 Å². The van der Waals surface area contributed by atoms with Crippen molar-refractivity contribution < 1.29 is 18.8 Å². The van der Waals surface area contributed by atoms with Gasteiger partial charge in [-0.1, -0.05) is 58.7 Å². The molecule has 0 unspecified atom stereocenters. The van der Waals surface area contributed by atoms with Crippen molar-refractivity contribution in [3.63, 3.8) is 0 Å². The Labute approximate surface area is 243 Å². The Bertz CT molecular complexity index is 1510. The zero-order valence-corrected chi connectivity index (χ0v) is 23.8. The smallest absolute Gasteiger partial charge is 0.338 e. The second kappa shape index (κ2) is 11.7. The maximum Gasteiger partial charge on any atom is 0.338 e. The highest BCUT2D eigenvalue weighted by Gasteiger charge is 2.33. The average molecular weight is 578 g/mol. The van der Waals surface area contributed by atoms with Crippen molar-refractivity contribution in [3.8, 4) is 22.4 Å². The van der Waals surface area contributed by atoms with E-state index in [1.54, 1.807) is 6.07 Å². The topological polar surface area (TPSA) is 64.8 Å². The van der Waals surface area contributed by atoms with Crippen LogP contribution in [0.4, 0.5) is 5.69 Å². The number of methoxy groups -OCH3 is 1. The van der Waals surface area contributed by atoms with Crippen molar-refractivity contribution in [2.75, 3.05) is 25.1 Å². The van der Waals surface area contributed by atoms with Gasteiger partial charge in [-0.05, 0) is 73.2 Å². The number of ether oxygens (including phenoxy) is 2. The standard InChI is InChI=1S/C32H30Cl2N2O4/c1-38-32(37)25-12-10-23(18-27(25)20-5-3-2-4-6-20)36-15-13-24(14-16-36)39-19-28-30(35-40-31(28)21-7-8-21)26-11-9-22(33)17-29(26)34/h2-6,9-12,17-18,21,24H,7-8,13-16,19H2,1H3. The molecule has 0 radical (unpaired) electrons.